The Labute approximate surface area is 187 Å². The third-order valence-corrected chi connectivity index (χ3v) is 7.05. The highest BCUT2D eigenvalue weighted by Gasteiger charge is 2.55. The van der Waals surface area contributed by atoms with E-state index in [9.17, 15) is 9.59 Å². The predicted octanol–water partition coefficient (Wildman–Crippen LogP) is 4.08. The number of piperidine rings is 1. The minimum atomic E-state index is -0.788. The molecule has 5 nitrogen and oxygen atoms in total. The molecule has 3 amide bonds. The number of carbonyl (C=O) groups excluding carboxylic acids is 2. The lowest BCUT2D eigenvalue weighted by Crippen LogP contribution is -2.56. The van der Waals surface area contributed by atoms with Crippen molar-refractivity contribution in [3.63, 3.8) is 0 Å². The number of imide groups is 1. The molecule has 1 N–H and O–H groups in total. The van der Waals surface area contributed by atoms with Gasteiger partial charge in [0.05, 0.1) is 6.54 Å². The zero-order valence-corrected chi connectivity index (χ0v) is 19.3. The zero-order chi connectivity index (χ0) is 22.3. The Morgan fingerprint density at radius 2 is 1.90 bits per heavy atom. The van der Waals surface area contributed by atoms with Crippen LogP contribution in [0.1, 0.15) is 58.4 Å². The maximum Gasteiger partial charge on any atom is 0.325 e. The Balaban J connectivity index is 1.72. The molecule has 168 valence electrons. The first-order valence-electron chi connectivity index (χ1n) is 11.8. The summed E-state index contributed by atoms with van der Waals surface area (Å²) in [6.45, 7) is 9.54. The van der Waals surface area contributed by atoms with Crippen LogP contribution in [0.15, 0.2) is 30.3 Å². The molecular formula is C26H37N3O2. The molecule has 2 fully saturated rings. The summed E-state index contributed by atoms with van der Waals surface area (Å²) in [5.41, 5.74) is 0.482. The fourth-order valence-electron chi connectivity index (χ4n) is 4.99. The average molecular weight is 424 g/mol. The van der Waals surface area contributed by atoms with Crippen LogP contribution in [-0.4, -0.2) is 53.5 Å². The second-order valence-corrected chi connectivity index (χ2v) is 9.15. The summed E-state index contributed by atoms with van der Waals surface area (Å²) < 4.78 is 0. The van der Waals surface area contributed by atoms with Gasteiger partial charge in [0.2, 0.25) is 0 Å². The molecule has 3 rings (SSSR count). The SMILES string of the molecule is CC#CCN1C(=O)NC(CCCc2ccccc2)(C2CCN(CC(C)CC)CC2)C1=O. The number of aryl methyl sites for hydroxylation is 1. The van der Waals surface area contributed by atoms with Gasteiger partial charge in [0.1, 0.15) is 5.54 Å². The number of hydrogen-bond acceptors (Lipinski definition) is 3. The van der Waals surface area contributed by atoms with E-state index >= 15 is 0 Å². The molecule has 5 heteroatoms. The normalized spacial score (nSPS) is 23.4. The third-order valence-electron chi connectivity index (χ3n) is 7.05. The maximum atomic E-state index is 13.6. The molecule has 2 unspecified atom stereocenters. The van der Waals surface area contributed by atoms with Crippen molar-refractivity contribution in [1.82, 2.24) is 15.1 Å². The van der Waals surface area contributed by atoms with Crippen molar-refractivity contribution < 1.29 is 9.59 Å². The average Bonchev–Trinajstić information content (AvgIpc) is 3.03. The lowest BCUT2D eigenvalue weighted by Gasteiger charge is -2.41. The lowest BCUT2D eigenvalue weighted by molar-refractivity contribution is -0.134. The fraction of sp³-hybridized carbons (Fsp3) is 0.615. The number of hydrogen-bond donors (Lipinski definition) is 1. The van der Waals surface area contributed by atoms with Gasteiger partial charge in [0, 0.05) is 6.54 Å². The molecule has 1 aromatic rings. The number of urea groups is 1. The summed E-state index contributed by atoms with van der Waals surface area (Å²) in [6, 6.07) is 10.1. The van der Waals surface area contributed by atoms with Crippen molar-refractivity contribution >= 4 is 11.9 Å². The summed E-state index contributed by atoms with van der Waals surface area (Å²) in [4.78, 5) is 30.1. The number of nitrogens with one attached hydrogen (secondary N) is 1. The number of amides is 3. The van der Waals surface area contributed by atoms with Crippen LogP contribution in [0.25, 0.3) is 0 Å². The van der Waals surface area contributed by atoms with E-state index in [1.165, 1.54) is 16.9 Å². The molecule has 2 saturated heterocycles. The van der Waals surface area contributed by atoms with Crippen molar-refractivity contribution in [2.24, 2.45) is 11.8 Å². The molecule has 2 aliphatic heterocycles. The van der Waals surface area contributed by atoms with Gasteiger partial charge >= 0.3 is 6.03 Å². The predicted molar refractivity (Wildman–Crippen MR) is 124 cm³/mol. The van der Waals surface area contributed by atoms with Crippen molar-refractivity contribution in [1.29, 1.82) is 0 Å². The minimum Gasteiger partial charge on any atom is -0.323 e. The molecule has 0 radical (unpaired) electrons. The van der Waals surface area contributed by atoms with E-state index < -0.39 is 5.54 Å². The Morgan fingerprint density at radius 1 is 1.19 bits per heavy atom. The molecular weight excluding hydrogens is 386 g/mol. The number of benzene rings is 1. The lowest BCUT2D eigenvalue weighted by atomic mass is 9.74. The summed E-state index contributed by atoms with van der Waals surface area (Å²) in [5, 5.41) is 3.15. The van der Waals surface area contributed by atoms with E-state index in [4.69, 9.17) is 0 Å². The second kappa shape index (κ2) is 10.8. The highest BCUT2D eigenvalue weighted by atomic mass is 16.2. The highest BCUT2D eigenvalue weighted by molar-refractivity contribution is 6.07. The fourth-order valence-corrected chi connectivity index (χ4v) is 4.99. The van der Waals surface area contributed by atoms with Crippen LogP contribution in [0.2, 0.25) is 0 Å². The molecule has 0 spiro atoms. The van der Waals surface area contributed by atoms with Crippen molar-refractivity contribution in [2.45, 2.75) is 64.8 Å². The Kier molecular flexibility index (Phi) is 8.15. The molecule has 2 aliphatic rings. The van der Waals surface area contributed by atoms with E-state index in [1.807, 2.05) is 18.2 Å². The van der Waals surface area contributed by atoms with Crippen LogP contribution in [0, 0.1) is 23.7 Å². The van der Waals surface area contributed by atoms with E-state index in [0.29, 0.717) is 12.3 Å². The highest BCUT2D eigenvalue weighted by Crippen LogP contribution is 2.37. The molecule has 2 heterocycles. The molecule has 0 saturated carbocycles. The second-order valence-electron chi connectivity index (χ2n) is 9.15. The van der Waals surface area contributed by atoms with Crippen molar-refractivity contribution in [3.05, 3.63) is 35.9 Å². The smallest absolute Gasteiger partial charge is 0.323 e. The largest absolute Gasteiger partial charge is 0.325 e. The number of carbonyl (C=O) groups is 2. The molecule has 0 aliphatic carbocycles. The molecule has 31 heavy (non-hydrogen) atoms. The van der Waals surface area contributed by atoms with Crippen LogP contribution >= 0.6 is 0 Å². The van der Waals surface area contributed by atoms with Crippen LogP contribution in [-0.2, 0) is 11.2 Å². The quantitative estimate of drug-likeness (QED) is 0.481. The van der Waals surface area contributed by atoms with E-state index in [1.54, 1.807) is 6.92 Å². The number of likely N-dealkylation sites (tertiary alicyclic amines) is 1. The monoisotopic (exact) mass is 423 g/mol. The Hall–Kier alpha value is -2.32. The third kappa shape index (κ3) is 5.49. The molecule has 0 aromatic heterocycles. The van der Waals surface area contributed by atoms with Gasteiger partial charge in [-0.15, -0.1) is 5.92 Å². The van der Waals surface area contributed by atoms with Crippen LogP contribution in [0.4, 0.5) is 4.79 Å². The van der Waals surface area contributed by atoms with E-state index in [2.05, 4.69) is 48.0 Å². The summed E-state index contributed by atoms with van der Waals surface area (Å²) in [6.07, 6.45) is 5.54. The molecule has 1 aromatic carbocycles. The van der Waals surface area contributed by atoms with Gasteiger partial charge in [-0.25, -0.2) is 4.79 Å². The van der Waals surface area contributed by atoms with Crippen molar-refractivity contribution in [3.8, 4) is 11.8 Å². The van der Waals surface area contributed by atoms with E-state index in [0.717, 1.165) is 45.3 Å². The van der Waals surface area contributed by atoms with Gasteiger partial charge in [0.15, 0.2) is 0 Å². The minimum absolute atomic E-state index is 0.0753. The topological polar surface area (TPSA) is 52.7 Å². The first-order valence-corrected chi connectivity index (χ1v) is 11.8. The zero-order valence-electron chi connectivity index (χ0n) is 19.3. The standard InChI is InChI=1S/C26H37N3O2/c1-4-6-17-29-24(30)26(27-25(29)31,16-10-13-22-11-8-7-9-12-22)23-14-18-28(19-15-23)20-21(3)5-2/h7-9,11-12,21,23H,5,10,13-20H2,1-3H3,(H,27,31). The molecule has 0 bridgehead atoms. The Bertz CT molecular complexity index is 805. The molecule has 2 atom stereocenters. The van der Waals surface area contributed by atoms with Gasteiger partial charge in [0.25, 0.3) is 5.91 Å². The Morgan fingerprint density at radius 3 is 2.55 bits per heavy atom. The van der Waals surface area contributed by atoms with Crippen molar-refractivity contribution in [2.75, 3.05) is 26.2 Å². The van der Waals surface area contributed by atoms with Crippen LogP contribution < -0.4 is 5.32 Å². The summed E-state index contributed by atoms with van der Waals surface area (Å²) in [7, 11) is 0. The van der Waals surface area contributed by atoms with E-state index in [-0.39, 0.29) is 24.4 Å². The number of rotatable bonds is 9. The summed E-state index contributed by atoms with van der Waals surface area (Å²) >= 11 is 0. The van der Waals surface area contributed by atoms with Gasteiger partial charge in [-0.2, -0.15) is 0 Å². The van der Waals surface area contributed by atoms with Crippen LogP contribution in [0.3, 0.4) is 0 Å². The first kappa shape index (κ1) is 23.3. The summed E-state index contributed by atoms with van der Waals surface area (Å²) in [5.74, 6) is 6.49. The van der Waals surface area contributed by atoms with Gasteiger partial charge in [-0.05, 0) is 69.5 Å². The van der Waals surface area contributed by atoms with Gasteiger partial charge < -0.3 is 10.2 Å². The maximum absolute atomic E-state index is 13.6. The van der Waals surface area contributed by atoms with Gasteiger partial charge in [-0.1, -0.05) is 56.5 Å². The van der Waals surface area contributed by atoms with Crippen LogP contribution in [0.5, 0.6) is 0 Å². The first-order chi connectivity index (χ1) is 15.0. The number of nitrogens with zero attached hydrogens (tertiary/aromatic N) is 2. The van der Waals surface area contributed by atoms with Gasteiger partial charge in [-0.3, -0.25) is 9.69 Å².